The van der Waals surface area contributed by atoms with Gasteiger partial charge in [-0.1, -0.05) is 23.8 Å². The number of sulfone groups is 1. The van der Waals surface area contributed by atoms with E-state index in [1.807, 2.05) is 25.1 Å². The molecule has 4 rings (SSSR count). The third kappa shape index (κ3) is 5.31. The summed E-state index contributed by atoms with van der Waals surface area (Å²) in [6, 6.07) is 19.3. The van der Waals surface area contributed by atoms with Gasteiger partial charge in [0.05, 0.1) is 26.2 Å². The van der Waals surface area contributed by atoms with Crippen molar-refractivity contribution < 1.29 is 27.0 Å². The smallest absolute Gasteiger partial charge is 0.233 e. The van der Waals surface area contributed by atoms with Gasteiger partial charge in [0.1, 0.15) is 5.75 Å². The molecule has 0 atom stereocenters. The highest BCUT2D eigenvalue weighted by Crippen LogP contribution is 2.33. The molecule has 1 aromatic heterocycles. The van der Waals surface area contributed by atoms with E-state index in [2.05, 4.69) is 10.3 Å². The van der Waals surface area contributed by atoms with Crippen LogP contribution in [0.2, 0.25) is 0 Å². The van der Waals surface area contributed by atoms with Crippen LogP contribution in [0.4, 0.5) is 5.88 Å². The first-order valence-electron chi connectivity index (χ1n) is 11.3. The number of oxazole rings is 1. The van der Waals surface area contributed by atoms with Crippen LogP contribution in [-0.2, 0) is 16.3 Å². The number of hydrogen-bond acceptors (Lipinski definition) is 8. The van der Waals surface area contributed by atoms with Crippen LogP contribution in [0.1, 0.15) is 11.1 Å². The van der Waals surface area contributed by atoms with Gasteiger partial charge in [0.2, 0.25) is 26.6 Å². The van der Waals surface area contributed by atoms with Crippen molar-refractivity contribution in [1.82, 2.24) is 4.98 Å². The number of anilines is 1. The molecule has 0 unspecified atom stereocenters. The van der Waals surface area contributed by atoms with Gasteiger partial charge in [0.25, 0.3) is 0 Å². The fraction of sp³-hybridized carbons (Fsp3) is 0.222. The lowest BCUT2D eigenvalue weighted by atomic mass is 10.1. The second-order valence-corrected chi connectivity index (χ2v) is 9.93. The molecule has 188 valence electrons. The predicted molar refractivity (Wildman–Crippen MR) is 137 cm³/mol. The fourth-order valence-corrected chi connectivity index (χ4v) is 4.92. The van der Waals surface area contributed by atoms with Crippen molar-refractivity contribution in [2.45, 2.75) is 23.3 Å². The Kier molecular flexibility index (Phi) is 7.49. The second-order valence-electron chi connectivity index (χ2n) is 8.06. The Hall–Kier alpha value is -3.98. The van der Waals surface area contributed by atoms with Crippen molar-refractivity contribution in [3.63, 3.8) is 0 Å². The van der Waals surface area contributed by atoms with Gasteiger partial charge in [-0.15, -0.1) is 0 Å². The Morgan fingerprint density at radius 2 is 1.56 bits per heavy atom. The lowest BCUT2D eigenvalue weighted by Gasteiger charge is -2.10. The molecule has 0 amide bonds. The SMILES string of the molecule is COc1ccc(-c2nc(S(=O)(=O)c3ccc(C)cc3)c(NCCc3ccc(OC)c(OC)c3)o2)cc1. The van der Waals surface area contributed by atoms with E-state index in [4.69, 9.17) is 18.6 Å². The summed E-state index contributed by atoms with van der Waals surface area (Å²) >= 11 is 0. The maximum Gasteiger partial charge on any atom is 0.233 e. The Morgan fingerprint density at radius 1 is 0.861 bits per heavy atom. The van der Waals surface area contributed by atoms with Gasteiger partial charge >= 0.3 is 0 Å². The molecule has 0 saturated carbocycles. The lowest BCUT2D eigenvalue weighted by Crippen LogP contribution is -2.10. The summed E-state index contributed by atoms with van der Waals surface area (Å²) in [5, 5.41) is 2.96. The number of hydrogen-bond donors (Lipinski definition) is 1. The van der Waals surface area contributed by atoms with Gasteiger partial charge in [0, 0.05) is 12.1 Å². The first-order valence-corrected chi connectivity index (χ1v) is 12.8. The summed E-state index contributed by atoms with van der Waals surface area (Å²) in [5.41, 5.74) is 2.57. The largest absolute Gasteiger partial charge is 0.497 e. The van der Waals surface area contributed by atoms with E-state index >= 15 is 0 Å². The van der Waals surface area contributed by atoms with Crippen molar-refractivity contribution in [2.24, 2.45) is 0 Å². The number of aryl methyl sites for hydroxylation is 1. The fourth-order valence-electron chi connectivity index (χ4n) is 3.64. The number of aromatic nitrogens is 1. The highest BCUT2D eigenvalue weighted by atomic mass is 32.2. The first kappa shape index (κ1) is 25.1. The molecule has 1 N–H and O–H groups in total. The molecule has 0 fully saturated rings. The number of ether oxygens (including phenoxy) is 3. The Labute approximate surface area is 210 Å². The van der Waals surface area contributed by atoms with E-state index in [0.717, 1.165) is 11.1 Å². The molecule has 9 heteroatoms. The molecule has 4 aromatic rings. The van der Waals surface area contributed by atoms with Crippen LogP contribution in [-0.4, -0.2) is 41.3 Å². The molecular weight excluding hydrogens is 480 g/mol. The quantitative estimate of drug-likeness (QED) is 0.313. The van der Waals surface area contributed by atoms with Crippen LogP contribution in [0.15, 0.2) is 81.1 Å². The Bertz CT molecular complexity index is 1430. The molecule has 1 heterocycles. The standard InChI is InChI=1S/C27H28N2O6S/c1-18-5-12-22(13-6-18)36(30,31)27-26(35-25(29-27)20-8-10-21(32-2)11-9-20)28-16-15-19-7-14-23(33-3)24(17-19)34-4/h5-14,17,28H,15-16H2,1-4H3. The van der Waals surface area contributed by atoms with Crippen molar-refractivity contribution >= 4 is 15.7 Å². The topological polar surface area (TPSA) is 99.9 Å². The molecule has 0 radical (unpaired) electrons. The molecule has 0 spiro atoms. The maximum absolute atomic E-state index is 13.5. The molecule has 0 aliphatic rings. The van der Waals surface area contributed by atoms with Crippen LogP contribution < -0.4 is 19.5 Å². The maximum atomic E-state index is 13.5. The van der Waals surface area contributed by atoms with Crippen molar-refractivity contribution in [3.8, 4) is 28.7 Å². The third-order valence-electron chi connectivity index (χ3n) is 5.67. The minimum atomic E-state index is -3.93. The van der Waals surface area contributed by atoms with E-state index < -0.39 is 9.84 Å². The van der Waals surface area contributed by atoms with Crippen LogP contribution in [0.25, 0.3) is 11.5 Å². The zero-order chi connectivity index (χ0) is 25.7. The number of benzene rings is 3. The van der Waals surface area contributed by atoms with E-state index in [9.17, 15) is 8.42 Å². The first-order chi connectivity index (χ1) is 17.3. The summed E-state index contributed by atoms with van der Waals surface area (Å²) in [6.45, 7) is 2.30. The average Bonchev–Trinajstić information content (AvgIpc) is 3.34. The molecule has 8 nitrogen and oxygen atoms in total. The number of nitrogens with zero attached hydrogens (tertiary/aromatic N) is 1. The number of nitrogens with one attached hydrogen (secondary N) is 1. The molecular formula is C27H28N2O6S. The minimum absolute atomic E-state index is 0.0851. The summed E-state index contributed by atoms with van der Waals surface area (Å²) in [7, 11) is 0.810. The molecule has 36 heavy (non-hydrogen) atoms. The molecule has 3 aromatic carbocycles. The van der Waals surface area contributed by atoms with Crippen LogP contribution >= 0.6 is 0 Å². The van der Waals surface area contributed by atoms with Gasteiger partial charge in [0.15, 0.2) is 11.5 Å². The van der Waals surface area contributed by atoms with Crippen LogP contribution in [0.5, 0.6) is 17.2 Å². The van der Waals surface area contributed by atoms with Gasteiger partial charge in [-0.05, 0) is 67.4 Å². The van der Waals surface area contributed by atoms with Crippen molar-refractivity contribution in [3.05, 3.63) is 77.9 Å². The zero-order valence-corrected chi connectivity index (χ0v) is 21.4. The lowest BCUT2D eigenvalue weighted by molar-refractivity contribution is 0.354. The second kappa shape index (κ2) is 10.7. The Morgan fingerprint density at radius 3 is 2.19 bits per heavy atom. The van der Waals surface area contributed by atoms with Gasteiger partial charge in [-0.3, -0.25) is 0 Å². The highest BCUT2D eigenvalue weighted by Gasteiger charge is 2.28. The number of rotatable bonds is 10. The summed E-state index contributed by atoms with van der Waals surface area (Å²) in [5.74, 6) is 2.21. The highest BCUT2D eigenvalue weighted by molar-refractivity contribution is 7.91. The van der Waals surface area contributed by atoms with Gasteiger partial charge in [-0.2, -0.15) is 4.98 Å². The molecule has 0 bridgehead atoms. The van der Waals surface area contributed by atoms with E-state index in [0.29, 0.717) is 35.8 Å². The number of methoxy groups -OCH3 is 3. The van der Waals surface area contributed by atoms with E-state index in [-0.39, 0.29) is 21.7 Å². The van der Waals surface area contributed by atoms with E-state index in [1.165, 1.54) is 0 Å². The molecule has 0 aliphatic carbocycles. The van der Waals surface area contributed by atoms with Crippen LogP contribution in [0.3, 0.4) is 0 Å². The predicted octanol–water partition coefficient (Wildman–Crippen LogP) is 5.16. The zero-order valence-electron chi connectivity index (χ0n) is 20.6. The van der Waals surface area contributed by atoms with E-state index in [1.54, 1.807) is 69.9 Å². The monoisotopic (exact) mass is 508 g/mol. The van der Waals surface area contributed by atoms with Crippen LogP contribution in [0, 0.1) is 6.92 Å². The summed E-state index contributed by atoms with van der Waals surface area (Å²) in [4.78, 5) is 4.53. The summed E-state index contributed by atoms with van der Waals surface area (Å²) in [6.07, 6.45) is 0.586. The van der Waals surface area contributed by atoms with Gasteiger partial charge < -0.3 is 23.9 Å². The summed E-state index contributed by atoms with van der Waals surface area (Å²) < 4.78 is 48.8. The van der Waals surface area contributed by atoms with Crippen molar-refractivity contribution in [1.29, 1.82) is 0 Å². The third-order valence-corrected chi connectivity index (χ3v) is 7.34. The normalized spacial score (nSPS) is 11.2. The molecule has 0 aliphatic heterocycles. The average molecular weight is 509 g/mol. The van der Waals surface area contributed by atoms with Gasteiger partial charge in [-0.25, -0.2) is 8.42 Å². The minimum Gasteiger partial charge on any atom is -0.497 e. The Balaban J connectivity index is 1.64. The molecule has 0 saturated heterocycles. The van der Waals surface area contributed by atoms with Crippen molar-refractivity contribution in [2.75, 3.05) is 33.2 Å².